The molecule has 4 nitrogen and oxygen atoms in total. The number of nitrogens with one attached hydrogen (secondary N) is 2. The molecule has 0 bridgehead atoms. The van der Waals surface area contributed by atoms with Gasteiger partial charge in [-0.1, -0.05) is 43.2 Å². The van der Waals surface area contributed by atoms with E-state index in [4.69, 9.17) is 0 Å². The van der Waals surface area contributed by atoms with E-state index in [0.717, 1.165) is 5.52 Å². The number of carbonyl (C=O) groups excluding carboxylic acids is 1. The predicted octanol–water partition coefficient (Wildman–Crippen LogP) is 5.06. The number of hydrogen-bond acceptors (Lipinski definition) is 2. The third-order valence-electron chi connectivity index (χ3n) is 6.26. The molecule has 0 aliphatic heterocycles. The van der Waals surface area contributed by atoms with Crippen molar-refractivity contribution in [1.29, 1.82) is 0 Å². The van der Waals surface area contributed by atoms with Crippen molar-refractivity contribution >= 4 is 22.5 Å². The van der Waals surface area contributed by atoms with Crippen molar-refractivity contribution in [2.75, 3.05) is 25.5 Å². The van der Waals surface area contributed by atoms with E-state index in [0.29, 0.717) is 18.9 Å². The van der Waals surface area contributed by atoms with Gasteiger partial charge in [0, 0.05) is 55.8 Å². The Morgan fingerprint density at radius 2 is 1.83 bits per heavy atom. The Labute approximate surface area is 173 Å². The average Bonchev–Trinajstić information content (AvgIpc) is 3.39. The van der Waals surface area contributed by atoms with Crippen LogP contribution in [-0.4, -0.2) is 31.5 Å². The number of aromatic amines is 1. The van der Waals surface area contributed by atoms with Gasteiger partial charge in [-0.15, -0.1) is 0 Å². The molecule has 1 atom stereocenters. The molecule has 3 aromatic rings. The normalized spacial score (nSPS) is 15.5. The van der Waals surface area contributed by atoms with E-state index in [-0.39, 0.29) is 11.8 Å². The molecule has 0 spiro atoms. The predicted molar refractivity (Wildman–Crippen MR) is 120 cm³/mol. The molecule has 0 radical (unpaired) electrons. The van der Waals surface area contributed by atoms with E-state index in [1.54, 1.807) is 0 Å². The minimum Gasteiger partial charge on any atom is -0.378 e. The molecule has 0 unspecified atom stereocenters. The van der Waals surface area contributed by atoms with Gasteiger partial charge in [-0.05, 0) is 48.1 Å². The lowest BCUT2D eigenvalue weighted by Crippen LogP contribution is -2.30. The number of benzene rings is 2. The first kappa shape index (κ1) is 19.6. The van der Waals surface area contributed by atoms with Crippen LogP contribution >= 0.6 is 0 Å². The highest BCUT2D eigenvalue weighted by Crippen LogP contribution is 2.32. The molecule has 2 aromatic carbocycles. The van der Waals surface area contributed by atoms with E-state index < -0.39 is 0 Å². The average molecular weight is 390 g/mol. The van der Waals surface area contributed by atoms with Gasteiger partial charge in [0.05, 0.1) is 0 Å². The van der Waals surface area contributed by atoms with Crippen LogP contribution in [0.25, 0.3) is 10.9 Å². The summed E-state index contributed by atoms with van der Waals surface area (Å²) >= 11 is 0. The summed E-state index contributed by atoms with van der Waals surface area (Å²) < 4.78 is 0. The van der Waals surface area contributed by atoms with Crippen molar-refractivity contribution < 1.29 is 4.79 Å². The maximum absolute atomic E-state index is 12.6. The van der Waals surface area contributed by atoms with Crippen LogP contribution in [0.3, 0.4) is 0 Å². The van der Waals surface area contributed by atoms with Crippen molar-refractivity contribution in [1.82, 2.24) is 10.3 Å². The molecule has 1 aliphatic rings. The van der Waals surface area contributed by atoms with E-state index in [2.05, 4.69) is 78.0 Å². The standard InChI is InChI=1S/C25H31N3O/c1-28(2)20-13-11-19(12-14-20)22(16-27-25(29)15-18-7-3-4-8-18)23-17-26-24-10-6-5-9-21(23)24/h5-6,9-14,17-18,22,26H,3-4,7-8,15-16H2,1-2H3,(H,27,29)/t22-/m1/s1. The highest BCUT2D eigenvalue weighted by atomic mass is 16.1. The zero-order valence-corrected chi connectivity index (χ0v) is 17.4. The van der Waals surface area contributed by atoms with Crippen LogP contribution in [0.1, 0.15) is 49.1 Å². The molecule has 4 heteroatoms. The molecule has 1 aliphatic carbocycles. The van der Waals surface area contributed by atoms with Gasteiger partial charge in [0.2, 0.25) is 5.91 Å². The molecule has 0 saturated heterocycles. The zero-order valence-electron chi connectivity index (χ0n) is 17.4. The molecule has 1 fully saturated rings. The molecule has 1 saturated carbocycles. The van der Waals surface area contributed by atoms with Crippen LogP contribution in [-0.2, 0) is 4.79 Å². The molecule has 1 heterocycles. The highest BCUT2D eigenvalue weighted by Gasteiger charge is 2.22. The first-order chi connectivity index (χ1) is 14.1. The van der Waals surface area contributed by atoms with Crippen LogP contribution in [0.15, 0.2) is 54.7 Å². The van der Waals surface area contributed by atoms with Crippen molar-refractivity contribution in [2.24, 2.45) is 5.92 Å². The van der Waals surface area contributed by atoms with Gasteiger partial charge in [-0.2, -0.15) is 0 Å². The van der Waals surface area contributed by atoms with Gasteiger partial charge >= 0.3 is 0 Å². The third kappa shape index (κ3) is 4.47. The largest absolute Gasteiger partial charge is 0.378 e. The number of amides is 1. The van der Waals surface area contributed by atoms with Crippen LogP contribution in [0, 0.1) is 5.92 Å². The molecule has 2 N–H and O–H groups in total. The van der Waals surface area contributed by atoms with E-state index >= 15 is 0 Å². The number of hydrogen-bond donors (Lipinski definition) is 2. The second-order valence-electron chi connectivity index (χ2n) is 8.49. The third-order valence-corrected chi connectivity index (χ3v) is 6.26. The SMILES string of the molecule is CN(C)c1ccc([C@@H](CNC(=O)CC2CCCC2)c2c[nH]c3ccccc23)cc1. The summed E-state index contributed by atoms with van der Waals surface area (Å²) in [4.78, 5) is 18.1. The first-order valence-electron chi connectivity index (χ1n) is 10.7. The summed E-state index contributed by atoms with van der Waals surface area (Å²) in [6.07, 6.45) is 7.71. The van der Waals surface area contributed by atoms with Gasteiger partial charge < -0.3 is 15.2 Å². The quantitative estimate of drug-likeness (QED) is 0.593. The number of H-pyrrole nitrogens is 1. The summed E-state index contributed by atoms with van der Waals surface area (Å²) in [6.45, 7) is 0.620. The van der Waals surface area contributed by atoms with Crippen molar-refractivity contribution in [3.63, 3.8) is 0 Å². The lowest BCUT2D eigenvalue weighted by molar-refractivity contribution is -0.122. The van der Waals surface area contributed by atoms with E-state index in [9.17, 15) is 4.79 Å². The molecular weight excluding hydrogens is 358 g/mol. The zero-order chi connectivity index (χ0) is 20.2. The number of rotatable bonds is 7. The van der Waals surface area contributed by atoms with E-state index in [1.807, 2.05) is 6.07 Å². The topological polar surface area (TPSA) is 48.1 Å². The van der Waals surface area contributed by atoms with E-state index in [1.165, 1.54) is 47.9 Å². The monoisotopic (exact) mass is 389 g/mol. The number of para-hydroxylation sites is 1. The summed E-state index contributed by atoms with van der Waals surface area (Å²) in [5.74, 6) is 0.877. The number of anilines is 1. The molecular formula is C25H31N3O. The second-order valence-corrected chi connectivity index (χ2v) is 8.49. The lowest BCUT2D eigenvalue weighted by atomic mass is 9.90. The van der Waals surface area contributed by atoms with Crippen LogP contribution in [0.2, 0.25) is 0 Å². The maximum atomic E-state index is 12.6. The Balaban J connectivity index is 1.57. The number of fused-ring (bicyclic) bond motifs is 1. The Morgan fingerprint density at radius 1 is 1.10 bits per heavy atom. The van der Waals surface area contributed by atoms with Gasteiger partial charge in [-0.3, -0.25) is 4.79 Å². The fourth-order valence-electron chi connectivity index (χ4n) is 4.56. The molecule has 1 aromatic heterocycles. The van der Waals surface area contributed by atoms with Crippen LogP contribution in [0.4, 0.5) is 5.69 Å². The minimum atomic E-state index is 0.120. The van der Waals surface area contributed by atoms with Crippen molar-refractivity contribution in [2.45, 2.75) is 38.0 Å². The molecule has 29 heavy (non-hydrogen) atoms. The fraction of sp³-hybridized carbons (Fsp3) is 0.400. The Hall–Kier alpha value is -2.75. The highest BCUT2D eigenvalue weighted by molar-refractivity contribution is 5.84. The van der Waals surface area contributed by atoms with Crippen molar-refractivity contribution in [3.05, 3.63) is 65.9 Å². The maximum Gasteiger partial charge on any atom is 0.220 e. The first-order valence-corrected chi connectivity index (χ1v) is 10.7. The summed E-state index contributed by atoms with van der Waals surface area (Å²) in [5.41, 5.74) is 4.77. The molecule has 152 valence electrons. The Kier molecular flexibility index (Phi) is 5.89. The Morgan fingerprint density at radius 3 is 2.55 bits per heavy atom. The summed E-state index contributed by atoms with van der Waals surface area (Å²) in [6, 6.07) is 17.1. The van der Waals surface area contributed by atoms with Crippen molar-refractivity contribution in [3.8, 4) is 0 Å². The lowest BCUT2D eigenvalue weighted by Gasteiger charge is -2.20. The van der Waals surface area contributed by atoms with Crippen LogP contribution in [0.5, 0.6) is 0 Å². The summed E-state index contributed by atoms with van der Waals surface area (Å²) in [5, 5.41) is 4.46. The fourth-order valence-corrected chi connectivity index (χ4v) is 4.56. The number of aromatic nitrogens is 1. The number of carbonyl (C=O) groups is 1. The molecule has 1 amide bonds. The van der Waals surface area contributed by atoms with Gasteiger partial charge in [0.1, 0.15) is 0 Å². The van der Waals surface area contributed by atoms with Crippen LogP contribution < -0.4 is 10.2 Å². The van der Waals surface area contributed by atoms with Gasteiger partial charge in [-0.25, -0.2) is 0 Å². The molecule has 4 rings (SSSR count). The van der Waals surface area contributed by atoms with Gasteiger partial charge in [0.15, 0.2) is 0 Å². The minimum absolute atomic E-state index is 0.120. The van der Waals surface area contributed by atoms with Gasteiger partial charge in [0.25, 0.3) is 0 Å². The Bertz CT molecular complexity index is 952. The number of nitrogens with zero attached hydrogens (tertiary/aromatic N) is 1. The summed E-state index contributed by atoms with van der Waals surface area (Å²) in [7, 11) is 4.10. The second kappa shape index (κ2) is 8.73. The smallest absolute Gasteiger partial charge is 0.220 e.